The highest BCUT2D eigenvalue weighted by Crippen LogP contribution is 2.15. The fourth-order valence-electron chi connectivity index (χ4n) is 2.37. The molecule has 3 nitrogen and oxygen atoms in total. The van der Waals surface area contributed by atoms with Gasteiger partial charge in [0, 0.05) is 19.7 Å². The molecule has 0 bridgehead atoms. The van der Waals surface area contributed by atoms with Crippen molar-refractivity contribution in [2.24, 2.45) is 17.6 Å². The van der Waals surface area contributed by atoms with Crippen molar-refractivity contribution in [3.8, 4) is 0 Å². The van der Waals surface area contributed by atoms with Crippen molar-refractivity contribution >= 4 is 0 Å². The molecule has 1 rings (SSSR count). The fraction of sp³-hybridized carbons (Fsp3) is 1.00. The highest BCUT2D eigenvalue weighted by atomic mass is 16.5. The van der Waals surface area contributed by atoms with Crippen LogP contribution in [-0.2, 0) is 4.74 Å². The molecule has 1 aliphatic rings. The number of hydrogen-bond donors (Lipinski definition) is 1. The van der Waals surface area contributed by atoms with Gasteiger partial charge in [0.15, 0.2) is 0 Å². The van der Waals surface area contributed by atoms with Gasteiger partial charge in [-0.2, -0.15) is 0 Å². The highest BCUT2D eigenvalue weighted by molar-refractivity contribution is 4.68. The van der Waals surface area contributed by atoms with Crippen molar-refractivity contribution in [2.45, 2.75) is 26.2 Å². The first kappa shape index (κ1) is 12.9. The van der Waals surface area contributed by atoms with E-state index in [1.54, 1.807) is 0 Å². The maximum atomic E-state index is 5.55. The van der Waals surface area contributed by atoms with E-state index in [9.17, 15) is 0 Å². The summed E-state index contributed by atoms with van der Waals surface area (Å²) in [4.78, 5) is 2.43. The highest BCUT2D eigenvalue weighted by Gasteiger charge is 2.16. The lowest BCUT2D eigenvalue weighted by Gasteiger charge is -2.28. The van der Waals surface area contributed by atoms with Crippen LogP contribution in [0, 0.1) is 11.8 Å². The van der Waals surface area contributed by atoms with Crippen molar-refractivity contribution in [1.29, 1.82) is 0 Å². The van der Waals surface area contributed by atoms with Crippen LogP contribution < -0.4 is 5.73 Å². The van der Waals surface area contributed by atoms with E-state index < -0.39 is 0 Å². The van der Waals surface area contributed by atoms with Crippen LogP contribution >= 0.6 is 0 Å². The number of nitrogens with zero attached hydrogens (tertiary/aromatic N) is 1. The molecule has 1 aliphatic heterocycles. The van der Waals surface area contributed by atoms with E-state index in [0.717, 1.165) is 38.6 Å². The minimum absolute atomic E-state index is 0.713. The summed E-state index contributed by atoms with van der Waals surface area (Å²) in [5, 5.41) is 0. The van der Waals surface area contributed by atoms with E-state index in [1.807, 2.05) is 0 Å². The Bertz CT molecular complexity index is 158. The Morgan fingerprint density at radius 2 is 2.33 bits per heavy atom. The Morgan fingerprint density at radius 3 is 2.93 bits per heavy atom. The van der Waals surface area contributed by atoms with Gasteiger partial charge in [-0.05, 0) is 44.7 Å². The molecule has 15 heavy (non-hydrogen) atoms. The van der Waals surface area contributed by atoms with Gasteiger partial charge in [-0.15, -0.1) is 0 Å². The molecule has 0 aromatic carbocycles. The van der Waals surface area contributed by atoms with Crippen molar-refractivity contribution in [3.63, 3.8) is 0 Å². The van der Waals surface area contributed by atoms with Crippen LogP contribution in [0.5, 0.6) is 0 Å². The molecule has 2 N–H and O–H groups in total. The van der Waals surface area contributed by atoms with Crippen molar-refractivity contribution < 1.29 is 4.74 Å². The Balaban J connectivity index is 2.13. The molecule has 0 aromatic heterocycles. The number of hydrogen-bond acceptors (Lipinski definition) is 3. The molecule has 0 radical (unpaired) electrons. The van der Waals surface area contributed by atoms with E-state index in [2.05, 4.69) is 18.9 Å². The van der Waals surface area contributed by atoms with Gasteiger partial charge in [-0.25, -0.2) is 0 Å². The number of rotatable bonds is 6. The summed E-state index contributed by atoms with van der Waals surface area (Å²) in [5.74, 6) is 1.46. The summed E-state index contributed by atoms with van der Waals surface area (Å²) in [6.45, 7) is 7.34. The molecule has 0 aliphatic carbocycles. The Hall–Kier alpha value is -0.120. The SMILES string of the molecule is CC(CCN)CN(C)CC1CCCOC1. The van der Waals surface area contributed by atoms with Gasteiger partial charge in [0.25, 0.3) is 0 Å². The van der Waals surface area contributed by atoms with Gasteiger partial charge in [0.1, 0.15) is 0 Å². The third-order valence-corrected chi connectivity index (χ3v) is 3.11. The molecule has 2 atom stereocenters. The monoisotopic (exact) mass is 214 g/mol. The molecule has 1 saturated heterocycles. The van der Waals surface area contributed by atoms with Gasteiger partial charge >= 0.3 is 0 Å². The van der Waals surface area contributed by atoms with Gasteiger partial charge in [-0.3, -0.25) is 0 Å². The summed E-state index contributed by atoms with van der Waals surface area (Å²) in [7, 11) is 2.21. The summed E-state index contributed by atoms with van der Waals surface area (Å²) < 4.78 is 5.49. The molecule has 3 heteroatoms. The van der Waals surface area contributed by atoms with E-state index in [-0.39, 0.29) is 0 Å². The van der Waals surface area contributed by atoms with E-state index in [4.69, 9.17) is 10.5 Å². The molecular weight excluding hydrogens is 188 g/mol. The third kappa shape index (κ3) is 5.50. The molecule has 1 heterocycles. The predicted octanol–water partition coefficient (Wildman–Crippen LogP) is 1.33. The van der Waals surface area contributed by atoms with Gasteiger partial charge < -0.3 is 15.4 Å². The minimum Gasteiger partial charge on any atom is -0.381 e. The Labute approximate surface area is 94.0 Å². The Kier molecular flexibility index (Phi) is 6.22. The predicted molar refractivity (Wildman–Crippen MR) is 63.9 cm³/mol. The van der Waals surface area contributed by atoms with Gasteiger partial charge in [0.2, 0.25) is 0 Å². The first-order chi connectivity index (χ1) is 7.22. The second-order valence-corrected chi connectivity index (χ2v) is 4.99. The van der Waals surface area contributed by atoms with Crippen LogP contribution in [0.2, 0.25) is 0 Å². The first-order valence-electron chi connectivity index (χ1n) is 6.18. The Morgan fingerprint density at radius 1 is 1.53 bits per heavy atom. The summed E-state index contributed by atoms with van der Waals surface area (Å²) in [6, 6.07) is 0. The van der Waals surface area contributed by atoms with E-state index in [1.165, 1.54) is 19.4 Å². The summed E-state index contributed by atoms with van der Waals surface area (Å²) >= 11 is 0. The summed E-state index contributed by atoms with van der Waals surface area (Å²) in [5.41, 5.74) is 5.55. The minimum atomic E-state index is 0.713. The topological polar surface area (TPSA) is 38.5 Å². The molecule has 90 valence electrons. The van der Waals surface area contributed by atoms with Crippen LogP contribution in [0.1, 0.15) is 26.2 Å². The van der Waals surface area contributed by atoms with Gasteiger partial charge in [-0.1, -0.05) is 6.92 Å². The standard InChI is InChI=1S/C12H26N2O/c1-11(5-6-13)8-14(2)9-12-4-3-7-15-10-12/h11-12H,3-10,13H2,1-2H3. The maximum absolute atomic E-state index is 5.55. The van der Waals surface area contributed by atoms with Crippen LogP contribution in [0.3, 0.4) is 0 Å². The quantitative estimate of drug-likeness (QED) is 0.725. The zero-order chi connectivity index (χ0) is 11.1. The lowest BCUT2D eigenvalue weighted by atomic mass is 10.0. The number of ether oxygens (including phenoxy) is 1. The zero-order valence-corrected chi connectivity index (χ0v) is 10.2. The van der Waals surface area contributed by atoms with E-state index >= 15 is 0 Å². The molecule has 0 aromatic rings. The fourth-order valence-corrected chi connectivity index (χ4v) is 2.37. The van der Waals surface area contributed by atoms with Crippen molar-refractivity contribution in [1.82, 2.24) is 4.90 Å². The second kappa shape index (κ2) is 7.20. The van der Waals surface area contributed by atoms with Crippen molar-refractivity contribution in [2.75, 3.05) is 39.9 Å². The molecule has 0 spiro atoms. The normalized spacial score (nSPS) is 24.4. The van der Waals surface area contributed by atoms with Crippen LogP contribution in [0.4, 0.5) is 0 Å². The largest absolute Gasteiger partial charge is 0.381 e. The summed E-state index contributed by atoms with van der Waals surface area (Å²) in [6.07, 6.45) is 3.69. The third-order valence-electron chi connectivity index (χ3n) is 3.11. The van der Waals surface area contributed by atoms with Crippen molar-refractivity contribution in [3.05, 3.63) is 0 Å². The zero-order valence-electron chi connectivity index (χ0n) is 10.2. The average molecular weight is 214 g/mol. The molecule has 0 saturated carbocycles. The molecule has 1 fully saturated rings. The maximum Gasteiger partial charge on any atom is 0.0506 e. The van der Waals surface area contributed by atoms with Crippen LogP contribution in [-0.4, -0.2) is 44.8 Å². The van der Waals surface area contributed by atoms with E-state index in [0.29, 0.717) is 5.92 Å². The molecule has 2 unspecified atom stereocenters. The smallest absolute Gasteiger partial charge is 0.0506 e. The molecular formula is C12H26N2O. The lowest BCUT2D eigenvalue weighted by Crippen LogP contribution is -2.33. The first-order valence-corrected chi connectivity index (χ1v) is 6.18. The van der Waals surface area contributed by atoms with Crippen LogP contribution in [0.15, 0.2) is 0 Å². The molecule has 0 amide bonds. The number of nitrogens with two attached hydrogens (primary N) is 1. The lowest BCUT2D eigenvalue weighted by molar-refractivity contribution is 0.0404. The average Bonchev–Trinajstić information content (AvgIpc) is 2.19. The second-order valence-electron chi connectivity index (χ2n) is 4.99. The van der Waals surface area contributed by atoms with Crippen LogP contribution in [0.25, 0.3) is 0 Å². The van der Waals surface area contributed by atoms with Gasteiger partial charge in [0.05, 0.1) is 6.61 Å².